The minimum atomic E-state index is -3.58. The van der Waals surface area contributed by atoms with E-state index in [0.717, 1.165) is 24.8 Å². The Balaban J connectivity index is 0.00000180. The zero-order valence-electron chi connectivity index (χ0n) is 10.6. The summed E-state index contributed by atoms with van der Waals surface area (Å²) in [5, 5.41) is 0.238. The summed E-state index contributed by atoms with van der Waals surface area (Å²) in [4.78, 5) is 0.109. The largest absolute Gasteiger partial charge is 0.324 e. The fourth-order valence-corrected chi connectivity index (χ4v) is 3.68. The Bertz CT molecular complexity index is 557. The normalized spacial score (nSPS) is 17.4. The third-order valence-electron chi connectivity index (χ3n) is 3.34. The molecule has 0 aliphatic heterocycles. The number of hydrogen-bond acceptors (Lipinski definition) is 3. The van der Waals surface area contributed by atoms with Crippen molar-refractivity contribution in [3.8, 4) is 0 Å². The van der Waals surface area contributed by atoms with Crippen molar-refractivity contribution < 1.29 is 8.42 Å². The van der Waals surface area contributed by atoms with Crippen LogP contribution in [0.15, 0.2) is 23.1 Å². The molecule has 0 bridgehead atoms. The first-order chi connectivity index (χ1) is 8.32. The van der Waals surface area contributed by atoms with Crippen molar-refractivity contribution in [1.82, 2.24) is 4.72 Å². The molecule has 0 atom stereocenters. The highest BCUT2D eigenvalue weighted by Gasteiger charge is 2.34. The van der Waals surface area contributed by atoms with Gasteiger partial charge in [0.1, 0.15) is 4.90 Å². The van der Waals surface area contributed by atoms with Crippen molar-refractivity contribution >= 4 is 34.0 Å². The van der Waals surface area contributed by atoms with Gasteiger partial charge in [0.2, 0.25) is 10.0 Å². The minimum Gasteiger partial charge on any atom is -0.324 e. The molecule has 0 unspecified atom stereocenters. The highest BCUT2D eigenvalue weighted by molar-refractivity contribution is 7.89. The van der Waals surface area contributed by atoms with Gasteiger partial charge in [0.05, 0.1) is 5.02 Å². The third kappa shape index (κ3) is 3.83. The smallest absolute Gasteiger partial charge is 0.242 e. The van der Waals surface area contributed by atoms with Crippen molar-refractivity contribution in [2.45, 2.75) is 36.6 Å². The number of nitrogens with two attached hydrogens (primary N) is 1. The molecule has 4 nitrogen and oxygen atoms in total. The maximum Gasteiger partial charge on any atom is 0.242 e. The molecule has 0 spiro atoms. The van der Waals surface area contributed by atoms with Gasteiger partial charge in [0.15, 0.2) is 0 Å². The van der Waals surface area contributed by atoms with Crippen molar-refractivity contribution in [3.63, 3.8) is 0 Å². The van der Waals surface area contributed by atoms with Crippen LogP contribution in [0, 0.1) is 6.92 Å². The summed E-state index contributed by atoms with van der Waals surface area (Å²) in [5.74, 6) is 0. The van der Waals surface area contributed by atoms with Gasteiger partial charge in [0.25, 0.3) is 0 Å². The number of hydrogen-bond donors (Lipinski definition) is 2. The summed E-state index contributed by atoms with van der Waals surface area (Å²) in [6.07, 6.45) is 2.78. The Morgan fingerprint density at radius 2 is 2.05 bits per heavy atom. The third-order valence-corrected chi connectivity index (χ3v) is 5.22. The Hall–Kier alpha value is -0.330. The van der Waals surface area contributed by atoms with Gasteiger partial charge in [0, 0.05) is 12.1 Å². The summed E-state index contributed by atoms with van der Waals surface area (Å²) in [7, 11) is -3.58. The average molecular weight is 325 g/mol. The van der Waals surface area contributed by atoms with E-state index in [1.54, 1.807) is 12.1 Å². The predicted octanol–water partition coefficient (Wildman–Crippen LogP) is 2.23. The van der Waals surface area contributed by atoms with Crippen molar-refractivity contribution in [1.29, 1.82) is 0 Å². The Labute approximate surface area is 125 Å². The Morgan fingerprint density at radius 3 is 2.53 bits per heavy atom. The van der Waals surface area contributed by atoms with Crippen molar-refractivity contribution in [3.05, 3.63) is 28.8 Å². The van der Waals surface area contributed by atoms with E-state index in [2.05, 4.69) is 4.72 Å². The molecule has 2 rings (SSSR count). The van der Waals surface area contributed by atoms with E-state index < -0.39 is 10.0 Å². The van der Waals surface area contributed by atoms with Gasteiger partial charge < -0.3 is 5.73 Å². The second-order valence-corrected chi connectivity index (χ2v) is 7.12. The molecule has 108 valence electrons. The number of halogens is 2. The zero-order chi connectivity index (χ0) is 13.4. The molecule has 0 amide bonds. The molecule has 7 heteroatoms. The van der Waals surface area contributed by atoms with Gasteiger partial charge in [-0.1, -0.05) is 17.7 Å². The first-order valence-corrected chi connectivity index (χ1v) is 7.73. The highest BCUT2D eigenvalue weighted by atomic mass is 35.5. The van der Waals surface area contributed by atoms with Crippen LogP contribution in [0.25, 0.3) is 0 Å². The van der Waals surface area contributed by atoms with E-state index in [0.29, 0.717) is 0 Å². The maximum atomic E-state index is 12.1. The fraction of sp³-hybridized carbons (Fsp3) is 0.500. The SMILES string of the molecule is Cc1ccc(S(=O)(=O)NCC2(N)CCC2)c(Cl)c1.Cl. The lowest BCUT2D eigenvalue weighted by atomic mass is 9.78. The lowest BCUT2D eigenvalue weighted by Crippen LogP contribution is -2.54. The van der Waals surface area contributed by atoms with Crippen LogP contribution in [0.2, 0.25) is 5.02 Å². The quantitative estimate of drug-likeness (QED) is 0.892. The van der Waals surface area contributed by atoms with E-state index in [9.17, 15) is 8.42 Å². The van der Waals surface area contributed by atoms with Gasteiger partial charge in [-0.05, 0) is 43.9 Å². The monoisotopic (exact) mass is 324 g/mol. The highest BCUT2D eigenvalue weighted by Crippen LogP contribution is 2.29. The molecular weight excluding hydrogens is 307 g/mol. The van der Waals surface area contributed by atoms with Gasteiger partial charge >= 0.3 is 0 Å². The molecule has 1 aromatic rings. The van der Waals surface area contributed by atoms with Crippen LogP contribution in [-0.2, 0) is 10.0 Å². The predicted molar refractivity (Wildman–Crippen MR) is 79.4 cm³/mol. The van der Waals surface area contributed by atoms with Gasteiger partial charge in [-0.25, -0.2) is 13.1 Å². The number of aryl methyl sites for hydroxylation is 1. The van der Waals surface area contributed by atoms with E-state index in [4.69, 9.17) is 17.3 Å². The van der Waals surface area contributed by atoms with E-state index >= 15 is 0 Å². The summed E-state index contributed by atoms with van der Waals surface area (Å²) in [6, 6.07) is 4.88. The number of nitrogens with one attached hydrogen (secondary N) is 1. The van der Waals surface area contributed by atoms with Crippen LogP contribution >= 0.6 is 24.0 Å². The van der Waals surface area contributed by atoms with Crippen LogP contribution in [0.1, 0.15) is 24.8 Å². The lowest BCUT2D eigenvalue weighted by Gasteiger charge is -2.38. The molecule has 0 saturated heterocycles. The van der Waals surface area contributed by atoms with Crippen molar-refractivity contribution in [2.75, 3.05) is 6.54 Å². The molecule has 0 aromatic heterocycles. The summed E-state index contributed by atoms with van der Waals surface area (Å²) >= 11 is 5.96. The molecule has 1 aliphatic rings. The van der Waals surface area contributed by atoms with E-state index in [1.165, 1.54) is 6.07 Å². The number of benzene rings is 1. The Morgan fingerprint density at radius 1 is 1.42 bits per heavy atom. The minimum absolute atomic E-state index is 0. The van der Waals surface area contributed by atoms with Crippen LogP contribution in [0.4, 0.5) is 0 Å². The maximum absolute atomic E-state index is 12.1. The second kappa shape index (κ2) is 5.97. The molecular formula is C12H18Cl2N2O2S. The molecule has 1 aromatic carbocycles. The molecule has 0 heterocycles. The Kier molecular flexibility index (Phi) is 5.26. The molecule has 19 heavy (non-hydrogen) atoms. The first-order valence-electron chi connectivity index (χ1n) is 5.87. The van der Waals surface area contributed by atoms with E-state index in [-0.39, 0.29) is 34.4 Å². The average Bonchev–Trinajstić information content (AvgIpc) is 2.23. The zero-order valence-corrected chi connectivity index (χ0v) is 13.0. The summed E-state index contributed by atoms with van der Waals surface area (Å²) in [6.45, 7) is 2.12. The molecule has 3 N–H and O–H groups in total. The number of sulfonamides is 1. The van der Waals surface area contributed by atoms with Gasteiger partial charge in [-0.2, -0.15) is 0 Å². The van der Waals surface area contributed by atoms with Crippen LogP contribution in [0.5, 0.6) is 0 Å². The number of rotatable bonds is 4. The lowest BCUT2D eigenvalue weighted by molar-refractivity contribution is 0.251. The summed E-state index contributed by atoms with van der Waals surface area (Å²) in [5.41, 5.74) is 6.53. The van der Waals surface area contributed by atoms with Crippen LogP contribution < -0.4 is 10.5 Å². The van der Waals surface area contributed by atoms with Crippen molar-refractivity contribution in [2.24, 2.45) is 5.73 Å². The second-order valence-electron chi connectivity index (χ2n) is 4.97. The first kappa shape index (κ1) is 16.7. The fourth-order valence-electron chi connectivity index (χ4n) is 1.95. The van der Waals surface area contributed by atoms with Crippen LogP contribution in [-0.4, -0.2) is 20.5 Å². The topological polar surface area (TPSA) is 72.2 Å². The van der Waals surface area contributed by atoms with E-state index in [1.807, 2.05) is 6.92 Å². The molecule has 1 saturated carbocycles. The molecule has 0 radical (unpaired) electrons. The standard InChI is InChI=1S/C12H17ClN2O2S.ClH/c1-9-3-4-11(10(13)7-9)18(16,17)15-8-12(14)5-2-6-12;/h3-4,7,15H,2,5-6,8,14H2,1H3;1H. The molecule has 1 fully saturated rings. The molecule has 1 aliphatic carbocycles. The van der Waals surface area contributed by atoms with Gasteiger partial charge in [-0.3, -0.25) is 0 Å². The summed E-state index contributed by atoms with van der Waals surface area (Å²) < 4.78 is 26.7. The van der Waals surface area contributed by atoms with Crippen LogP contribution in [0.3, 0.4) is 0 Å². The van der Waals surface area contributed by atoms with Gasteiger partial charge in [-0.15, -0.1) is 12.4 Å².